The van der Waals surface area contributed by atoms with Gasteiger partial charge in [0.1, 0.15) is 12.6 Å². The Bertz CT molecular complexity index is 1540. The van der Waals surface area contributed by atoms with Crippen LogP contribution >= 0.6 is 11.6 Å². The molecular weight excluding hydrogens is 603 g/mol. The summed E-state index contributed by atoms with van der Waals surface area (Å²) >= 11 is 6.03. The van der Waals surface area contributed by atoms with Gasteiger partial charge in [0.05, 0.1) is 16.1 Å². The number of amides is 2. The number of sulfonamides is 1. The monoisotopic (exact) mass is 637 g/mol. The third-order valence-electron chi connectivity index (χ3n) is 6.50. The van der Waals surface area contributed by atoms with Crippen molar-refractivity contribution >= 4 is 39.1 Å². The number of nitrogens with zero attached hydrogens (tertiary/aromatic N) is 2. The summed E-state index contributed by atoms with van der Waals surface area (Å²) < 4.78 is 69.4. The Labute approximate surface area is 255 Å². The van der Waals surface area contributed by atoms with Crippen molar-refractivity contribution in [3.05, 3.63) is 94.5 Å². The first kappa shape index (κ1) is 33.9. The molecule has 0 heterocycles. The molecule has 3 rings (SSSR count). The van der Waals surface area contributed by atoms with Gasteiger partial charge in [-0.05, 0) is 82.1 Å². The predicted octanol–water partition coefficient (Wildman–Crippen LogP) is 6.58. The SMILES string of the molecule is CC[C@H](C(=O)NC(C)(C)C)N(Cc1ccc(Cl)cc1)C(=O)CN(c1cccc(C(F)(F)F)c1)S(=O)(=O)c1ccc(C)cc1. The highest BCUT2D eigenvalue weighted by atomic mass is 35.5. The van der Waals surface area contributed by atoms with Crippen molar-refractivity contribution in [1.29, 1.82) is 0 Å². The zero-order valence-electron chi connectivity index (χ0n) is 24.6. The number of nitrogens with one attached hydrogen (secondary N) is 1. The Kier molecular flexibility index (Phi) is 10.6. The number of carbonyl (C=O) groups is 2. The Morgan fingerprint density at radius 2 is 1.56 bits per heavy atom. The maximum Gasteiger partial charge on any atom is 0.416 e. The lowest BCUT2D eigenvalue weighted by Gasteiger charge is -2.35. The highest BCUT2D eigenvalue weighted by Crippen LogP contribution is 2.33. The molecular formula is C31H35ClF3N3O4S. The molecule has 232 valence electrons. The number of aryl methyl sites for hydroxylation is 1. The van der Waals surface area contributed by atoms with Crippen molar-refractivity contribution in [3.8, 4) is 0 Å². The third kappa shape index (κ3) is 8.96. The van der Waals surface area contributed by atoms with Crippen LogP contribution in [0, 0.1) is 6.92 Å². The second kappa shape index (κ2) is 13.4. The van der Waals surface area contributed by atoms with E-state index in [9.17, 15) is 31.2 Å². The Balaban J connectivity index is 2.13. The van der Waals surface area contributed by atoms with E-state index in [2.05, 4.69) is 5.32 Å². The zero-order valence-corrected chi connectivity index (χ0v) is 26.1. The number of rotatable bonds is 10. The van der Waals surface area contributed by atoms with Gasteiger partial charge in [0.25, 0.3) is 10.0 Å². The summed E-state index contributed by atoms with van der Waals surface area (Å²) in [6, 6.07) is 15.1. The van der Waals surface area contributed by atoms with E-state index in [1.807, 2.05) is 0 Å². The Morgan fingerprint density at radius 3 is 2.09 bits per heavy atom. The van der Waals surface area contributed by atoms with Gasteiger partial charge in [-0.2, -0.15) is 13.2 Å². The summed E-state index contributed by atoms with van der Waals surface area (Å²) in [5, 5.41) is 3.32. The van der Waals surface area contributed by atoms with Crippen molar-refractivity contribution in [2.45, 2.75) is 70.2 Å². The van der Waals surface area contributed by atoms with E-state index < -0.39 is 51.7 Å². The molecule has 1 N–H and O–H groups in total. The smallest absolute Gasteiger partial charge is 0.350 e. The fourth-order valence-corrected chi connectivity index (χ4v) is 5.89. The van der Waals surface area contributed by atoms with Crippen LogP contribution in [0.4, 0.5) is 18.9 Å². The molecule has 0 aliphatic carbocycles. The third-order valence-corrected chi connectivity index (χ3v) is 8.54. The van der Waals surface area contributed by atoms with Gasteiger partial charge in [0.2, 0.25) is 11.8 Å². The van der Waals surface area contributed by atoms with E-state index in [1.165, 1.54) is 23.1 Å². The van der Waals surface area contributed by atoms with Crippen molar-refractivity contribution in [2.24, 2.45) is 0 Å². The lowest BCUT2D eigenvalue weighted by atomic mass is 10.1. The molecule has 0 aromatic heterocycles. The number of halogens is 4. The molecule has 0 aliphatic heterocycles. The molecule has 0 saturated carbocycles. The van der Waals surface area contributed by atoms with Gasteiger partial charge in [0.15, 0.2) is 0 Å². The van der Waals surface area contributed by atoms with Gasteiger partial charge in [-0.1, -0.05) is 54.4 Å². The van der Waals surface area contributed by atoms with E-state index in [-0.39, 0.29) is 23.5 Å². The first-order valence-corrected chi connectivity index (χ1v) is 15.4. The lowest BCUT2D eigenvalue weighted by molar-refractivity contribution is -0.141. The number of hydrogen-bond donors (Lipinski definition) is 1. The van der Waals surface area contributed by atoms with Crippen LogP contribution in [0.5, 0.6) is 0 Å². The minimum Gasteiger partial charge on any atom is -0.350 e. The maximum atomic E-state index is 14.1. The number of alkyl halides is 3. The van der Waals surface area contributed by atoms with E-state index in [0.29, 0.717) is 21.0 Å². The molecule has 7 nitrogen and oxygen atoms in total. The number of hydrogen-bond acceptors (Lipinski definition) is 4. The largest absolute Gasteiger partial charge is 0.416 e. The van der Waals surface area contributed by atoms with E-state index in [0.717, 1.165) is 17.7 Å². The van der Waals surface area contributed by atoms with Crippen molar-refractivity contribution in [1.82, 2.24) is 10.2 Å². The molecule has 0 saturated heterocycles. The topological polar surface area (TPSA) is 86.8 Å². The number of carbonyl (C=O) groups excluding carboxylic acids is 2. The summed E-state index contributed by atoms with van der Waals surface area (Å²) in [6.07, 6.45) is -4.56. The summed E-state index contributed by atoms with van der Waals surface area (Å²) in [5.74, 6) is -1.23. The summed E-state index contributed by atoms with van der Waals surface area (Å²) in [7, 11) is -4.52. The van der Waals surface area contributed by atoms with Crippen LogP contribution in [0.15, 0.2) is 77.7 Å². The summed E-state index contributed by atoms with van der Waals surface area (Å²) in [4.78, 5) is 28.5. The highest BCUT2D eigenvalue weighted by molar-refractivity contribution is 7.92. The second-order valence-corrected chi connectivity index (χ2v) is 13.5. The molecule has 0 bridgehead atoms. The molecule has 12 heteroatoms. The van der Waals surface area contributed by atoms with Crippen LogP contribution in [0.2, 0.25) is 5.02 Å². The normalized spacial score (nSPS) is 12.9. The maximum absolute atomic E-state index is 14.1. The first-order chi connectivity index (χ1) is 19.9. The minimum absolute atomic E-state index is 0.0763. The number of anilines is 1. The van der Waals surface area contributed by atoms with Crippen LogP contribution < -0.4 is 9.62 Å². The minimum atomic E-state index is -4.75. The molecule has 0 radical (unpaired) electrons. The van der Waals surface area contributed by atoms with Gasteiger partial charge >= 0.3 is 6.18 Å². The first-order valence-electron chi connectivity index (χ1n) is 13.5. The predicted molar refractivity (Wildman–Crippen MR) is 161 cm³/mol. The average molecular weight is 638 g/mol. The Morgan fingerprint density at radius 1 is 0.953 bits per heavy atom. The fourth-order valence-electron chi connectivity index (χ4n) is 4.36. The molecule has 0 fully saturated rings. The van der Waals surface area contributed by atoms with Crippen LogP contribution in [-0.2, 0) is 32.3 Å². The van der Waals surface area contributed by atoms with Gasteiger partial charge in [-0.25, -0.2) is 8.42 Å². The fraction of sp³-hybridized carbons (Fsp3) is 0.355. The summed E-state index contributed by atoms with van der Waals surface area (Å²) in [5.41, 5.74) is -0.659. The molecule has 3 aromatic rings. The Hall–Kier alpha value is -3.57. The van der Waals surface area contributed by atoms with Gasteiger partial charge in [-0.15, -0.1) is 0 Å². The molecule has 1 atom stereocenters. The molecule has 0 unspecified atom stereocenters. The van der Waals surface area contributed by atoms with E-state index >= 15 is 0 Å². The number of benzene rings is 3. The zero-order chi connectivity index (χ0) is 32.2. The summed E-state index contributed by atoms with van der Waals surface area (Å²) in [6.45, 7) is 7.89. The molecule has 2 amide bonds. The lowest BCUT2D eigenvalue weighted by Crippen LogP contribution is -2.55. The van der Waals surface area contributed by atoms with Crippen LogP contribution in [0.3, 0.4) is 0 Å². The highest BCUT2D eigenvalue weighted by Gasteiger charge is 2.36. The standard InChI is InChI=1S/C31H35ClF3N3O4S/c1-6-27(29(40)36-30(3,4)5)37(19-22-12-14-24(32)15-13-22)28(39)20-38(25-9-7-8-23(18-25)31(33,34)35)43(41,42)26-16-10-21(2)11-17-26/h7-18,27H,6,19-20H2,1-5H3,(H,36,40)/t27-/m1/s1. The van der Waals surface area contributed by atoms with Crippen molar-refractivity contribution in [3.63, 3.8) is 0 Å². The molecule has 3 aromatic carbocycles. The van der Waals surface area contributed by atoms with Crippen LogP contribution in [0.1, 0.15) is 50.8 Å². The molecule has 0 spiro atoms. The average Bonchev–Trinajstić information content (AvgIpc) is 2.91. The van der Waals surface area contributed by atoms with E-state index in [4.69, 9.17) is 11.6 Å². The molecule has 43 heavy (non-hydrogen) atoms. The van der Waals surface area contributed by atoms with Crippen molar-refractivity contribution < 1.29 is 31.2 Å². The van der Waals surface area contributed by atoms with Gasteiger partial charge < -0.3 is 10.2 Å². The molecule has 0 aliphatic rings. The van der Waals surface area contributed by atoms with Gasteiger partial charge in [-0.3, -0.25) is 13.9 Å². The van der Waals surface area contributed by atoms with Gasteiger partial charge in [0, 0.05) is 17.1 Å². The van der Waals surface area contributed by atoms with Crippen LogP contribution in [-0.4, -0.2) is 43.3 Å². The van der Waals surface area contributed by atoms with E-state index in [1.54, 1.807) is 71.0 Å². The van der Waals surface area contributed by atoms with Crippen LogP contribution in [0.25, 0.3) is 0 Å². The van der Waals surface area contributed by atoms with Crippen molar-refractivity contribution in [2.75, 3.05) is 10.8 Å². The second-order valence-electron chi connectivity index (χ2n) is 11.2. The quantitative estimate of drug-likeness (QED) is 0.272.